The molecule has 0 radical (unpaired) electrons. The van der Waals surface area contributed by atoms with Crippen molar-refractivity contribution in [2.24, 2.45) is 0 Å². The first-order valence-corrected chi connectivity index (χ1v) is 12.4. The molecule has 0 amide bonds. The summed E-state index contributed by atoms with van der Waals surface area (Å²) in [5.41, 5.74) is 3.66. The maximum absolute atomic E-state index is 5.99. The molecule has 0 bridgehead atoms. The molecule has 2 aliphatic heterocycles. The van der Waals surface area contributed by atoms with Gasteiger partial charge in [0.1, 0.15) is 11.5 Å². The van der Waals surface area contributed by atoms with Crippen LogP contribution in [0.1, 0.15) is 42.4 Å². The molecule has 174 valence electrons. The number of nitrogens with zero attached hydrogens (tertiary/aromatic N) is 1. The molecule has 2 aliphatic rings. The number of hydrogen-bond donors (Lipinski definition) is 0. The molecular weight excluding hydrogens is 418 g/mol. The minimum Gasteiger partial charge on any atom is -0.497 e. The highest BCUT2D eigenvalue weighted by atomic mass is 16.5. The monoisotopic (exact) mass is 451 g/mol. The molecule has 6 rings (SSSR count). The molecule has 4 aromatic rings. The zero-order chi connectivity index (χ0) is 23.3. The SMILES string of the molecule is C1CN2CCC12.CCOc1ccccc1C(c1ccc(OC)cc1)c1cccc2ccccc12. The van der Waals surface area contributed by atoms with E-state index in [0.717, 1.165) is 17.5 Å². The van der Waals surface area contributed by atoms with Gasteiger partial charge in [-0.3, -0.25) is 0 Å². The number of rotatable bonds is 6. The number of methoxy groups -OCH3 is 1. The van der Waals surface area contributed by atoms with Crippen molar-refractivity contribution in [3.05, 3.63) is 108 Å². The molecule has 2 heterocycles. The maximum Gasteiger partial charge on any atom is 0.123 e. The molecule has 4 aromatic carbocycles. The zero-order valence-electron chi connectivity index (χ0n) is 20.1. The van der Waals surface area contributed by atoms with E-state index in [1.165, 1.54) is 53.4 Å². The van der Waals surface area contributed by atoms with Crippen LogP contribution in [0.3, 0.4) is 0 Å². The van der Waals surface area contributed by atoms with Crippen molar-refractivity contribution in [2.45, 2.75) is 31.7 Å². The second-order valence-electron chi connectivity index (χ2n) is 9.01. The number of benzene rings is 4. The summed E-state index contributed by atoms with van der Waals surface area (Å²) in [7, 11) is 1.70. The summed E-state index contributed by atoms with van der Waals surface area (Å²) in [6, 6.07) is 32.8. The van der Waals surface area contributed by atoms with Crippen LogP contribution in [-0.4, -0.2) is 37.7 Å². The van der Waals surface area contributed by atoms with E-state index < -0.39 is 0 Å². The Labute approximate surface area is 202 Å². The van der Waals surface area contributed by atoms with Gasteiger partial charge in [0.15, 0.2) is 0 Å². The first-order chi connectivity index (χ1) is 16.8. The molecule has 1 atom stereocenters. The fourth-order valence-corrected chi connectivity index (χ4v) is 5.08. The Morgan fingerprint density at radius 3 is 2.09 bits per heavy atom. The summed E-state index contributed by atoms with van der Waals surface area (Å²) in [6.45, 7) is 5.45. The maximum atomic E-state index is 5.99. The van der Waals surface area contributed by atoms with E-state index in [0.29, 0.717) is 6.61 Å². The van der Waals surface area contributed by atoms with Gasteiger partial charge in [-0.2, -0.15) is 0 Å². The average molecular weight is 452 g/mol. The van der Waals surface area contributed by atoms with Crippen LogP contribution in [0.25, 0.3) is 10.8 Å². The molecule has 0 aromatic heterocycles. The van der Waals surface area contributed by atoms with Crippen LogP contribution in [-0.2, 0) is 0 Å². The van der Waals surface area contributed by atoms with Gasteiger partial charge < -0.3 is 14.4 Å². The van der Waals surface area contributed by atoms with Crippen molar-refractivity contribution in [1.82, 2.24) is 4.90 Å². The van der Waals surface area contributed by atoms with Gasteiger partial charge in [-0.1, -0.05) is 72.8 Å². The lowest BCUT2D eigenvalue weighted by molar-refractivity contribution is -0.00222. The third kappa shape index (κ3) is 4.53. The predicted octanol–water partition coefficient (Wildman–Crippen LogP) is 6.89. The van der Waals surface area contributed by atoms with Crippen molar-refractivity contribution in [1.29, 1.82) is 0 Å². The molecular formula is C31H33NO2. The molecule has 34 heavy (non-hydrogen) atoms. The highest BCUT2D eigenvalue weighted by Crippen LogP contribution is 2.40. The van der Waals surface area contributed by atoms with Crippen LogP contribution in [0.15, 0.2) is 91.0 Å². The highest BCUT2D eigenvalue weighted by molar-refractivity contribution is 5.87. The van der Waals surface area contributed by atoms with E-state index in [4.69, 9.17) is 9.47 Å². The molecule has 0 saturated carbocycles. The molecule has 2 fully saturated rings. The van der Waals surface area contributed by atoms with Crippen molar-refractivity contribution < 1.29 is 9.47 Å². The Balaban J connectivity index is 0.000000343. The van der Waals surface area contributed by atoms with E-state index in [-0.39, 0.29) is 5.92 Å². The van der Waals surface area contributed by atoms with Gasteiger partial charge in [-0.15, -0.1) is 0 Å². The van der Waals surface area contributed by atoms with Gasteiger partial charge in [0.2, 0.25) is 0 Å². The number of fused-ring (bicyclic) bond motifs is 2. The van der Waals surface area contributed by atoms with Gasteiger partial charge >= 0.3 is 0 Å². The van der Waals surface area contributed by atoms with Crippen LogP contribution < -0.4 is 9.47 Å². The van der Waals surface area contributed by atoms with E-state index >= 15 is 0 Å². The third-order valence-corrected chi connectivity index (χ3v) is 7.13. The van der Waals surface area contributed by atoms with Crippen molar-refractivity contribution >= 4 is 10.8 Å². The van der Waals surface area contributed by atoms with Crippen LogP contribution in [0.5, 0.6) is 11.5 Å². The van der Waals surface area contributed by atoms with E-state index in [1.807, 2.05) is 25.1 Å². The number of ether oxygens (including phenoxy) is 2. The Morgan fingerprint density at radius 1 is 0.794 bits per heavy atom. The second-order valence-corrected chi connectivity index (χ2v) is 9.01. The summed E-state index contributed by atoms with van der Waals surface area (Å²) in [5.74, 6) is 1.86. The van der Waals surface area contributed by atoms with Gasteiger partial charge in [-0.25, -0.2) is 0 Å². The van der Waals surface area contributed by atoms with Crippen molar-refractivity contribution in [3.8, 4) is 11.5 Å². The van der Waals surface area contributed by atoms with Crippen molar-refractivity contribution in [3.63, 3.8) is 0 Å². The smallest absolute Gasteiger partial charge is 0.123 e. The van der Waals surface area contributed by atoms with Crippen LogP contribution in [0.4, 0.5) is 0 Å². The van der Waals surface area contributed by atoms with Crippen LogP contribution in [0.2, 0.25) is 0 Å². The molecule has 2 saturated heterocycles. The highest BCUT2D eigenvalue weighted by Gasteiger charge is 2.34. The molecule has 0 N–H and O–H groups in total. The minimum atomic E-state index is 0.0692. The summed E-state index contributed by atoms with van der Waals surface area (Å²) >= 11 is 0. The predicted molar refractivity (Wildman–Crippen MR) is 140 cm³/mol. The molecule has 0 aliphatic carbocycles. The normalized spacial score (nSPS) is 15.8. The average Bonchev–Trinajstić information content (AvgIpc) is 2.88. The quantitative estimate of drug-likeness (QED) is 0.298. The van der Waals surface area contributed by atoms with E-state index in [1.54, 1.807) is 7.11 Å². The molecule has 0 spiro atoms. The number of piperidine rings is 1. The zero-order valence-corrected chi connectivity index (χ0v) is 20.1. The van der Waals surface area contributed by atoms with E-state index in [9.17, 15) is 0 Å². The first kappa shape index (κ1) is 22.5. The summed E-state index contributed by atoms with van der Waals surface area (Å²) in [5, 5.41) is 2.50. The van der Waals surface area contributed by atoms with Gasteiger partial charge in [0, 0.05) is 17.5 Å². The molecule has 3 nitrogen and oxygen atoms in total. The summed E-state index contributed by atoms with van der Waals surface area (Å²) < 4.78 is 11.4. The van der Waals surface area contributed by atoms with Gasteiger partial charge in [0.05, 0.1) is 13.7 Å². The lowest BCUT2D eigenvalue weighted by Gasteiger charge is -2.50. The van der Waals surface area contributed by atoms with Gasteiger partial charge in [-0.05, 0) is 73.0 Å². The molecule has 3 heteroatoms. The lowest BCUT2D eigenvalue weighted by Crippen LogP contribution is -2.57. The Morgan fingerprint density at radius 2 is 1.44 bits per heavy atom. The fourth-order valence-electron chi connectivity index (χ4n) is 5.08. The largest absolute Gasteiger partial charge is 0.497 e. The van der Waals surface area contributed by atoms with Crippen LogP contribution in [0, 0.1) is 0 Å². The Kier molecular flexibility index (Phi) is 6.82. The minimum absolute atomic E-state index is 0.0692. The fraction of sp³-hybridized carbons (Fsp3) is 0.290. The van der Waals surface area contributed by atoms with E-state index in [2.05, 4.69) is 77.7 Å². The number of para-hydroxylation sites is 1. The second kappa shape index (κ2) is 10.3. The first-order valence-electron chi connectivity index (χ1n) is 12.4. The van der Waals surface area contributed by atoms with Crippen molar-refractivity contribution in [2.75, 3.05) is 26.8 Å². The Bertz CT molecular complexity index is 1210. The number of hydrogen-bond acceptors (Lipinski definition) is 3. The van der Waals surface area contributed by atoms with Gasteiger partial charge in [0.25, 0.3) is 0 Å². The molecule has 1 unspecified atom stereocenters. The Hall–Kier alpha value is -3.30. The lowest BCUT2D eigenvalue weighted by atomic mass is 9.82. The third-order valence-electron chi connectivity index (χ3n) is 7.13. The topological polar surface area (TPSA) is 21.7 Å². The standard InChI is InChI=1S/C26H24O2.C5H9N/c1-3-28-25-14-7-6-12-24(25)26(20-15-17-21(27-2)18-16-20)23-13-8-10-19-9-4-5-11-22(19)23;1-3-6-4-2-5(1)6/h4-18,26H,3H2,1-2H3;5H,1-4H2. The summed E-state index contributed by atoms with van der Waals surface area (Å²) in [4.78, 5) is 2.53. The van der Waals surface area contributed by atoms with Crippen LogP contribution >= 0.6 is 0 Å². The summed E-state index contributed by atoms with van der Waals surface area (Å²) in [6.07, 6.45) is 2.97.